The van der Waals surface area contributed by atoms with Gasteiger partial charge in [-0.05, 0) is 12.8 Å². The predicted molar refractivity (Wildman–Crippen MR) is 85.8 cm³/mol. The summed E-state index contributed by atoms with van der Waals surface area (Å²) in [5.41, 5.74) is 1.14. The van der Waals surface area contributed by atoms with Gasteiger partial charge in [0.05, 0.1) is 12.3 Å². The fraction of sp³-hybridized carbons (Fsp3) is 0.667. The summed E-state index contributed by atoms with van der Waals surface area (Å²) < 4.78 is 7.35. The van der Waals surface area contributed by atoms with E-state index in [9.17, 15) is 0 Å². The van der Waals surface area contributed by atoms with Crippen LogP contribution in [0.4, 0.5) is 0 Å². The molecule has 1 aromatic heterocycles. The molecule has 108 valence electrons. The molecule has 0 spiro atoms. The van der Waals surface area contributed by atoms with Crippen LogP contribution >= 0.6 is 24.0 Å². The van der Waals surface area contributed by atoms with Crippen LogP contribution in [0.1, 0.15) is 18.4 Å². The summed E-state index contributed by atoms with van der Waals surface area (Å²) >= 11 is 0. The highest BCUT2D eigenvalue weighted by molar-refractivity contribution is 14.0. The number of hydrogen-bond acceptors (Lipinski definition) is 3. The molecule has 0 aliphatic carbocycles. The molecule has 1 unspecified atom stereocenters. The van der Waals surface area contributed by atoms with Gasteiger partial charge in [0, 0.05) is 45.6 Å². The minimum absolute atomic E-state index is 0. The molecular weight excluding hydrogens is 357 g/mol. The van der Waals surface area contributed by atoms with Gasteiger partial charge in [-0.25, -0.2) is 0 Å². The van der Waals surface area contributed by atoms with E-state index in [1.54, 1.807) is 11.7 Å². The highest BCUT2D eigenvalue weighted by atomic mass is 127. The number of rotatable bonds is 4. The van der Waals surface area contributed by atoms with Crippen molar-refractivity contribution in [2.24, 2.45) is 12.0 Å². The zero-order valence-corrected chi connectivity index (χ0v) is 13.8. The molecule has 1 aromatic rings. The average molecular weight is 379 g/mol. The topological polar surface area (TPSA) is 63.5 Å². The van der Waals surface area contributed by atoms with E-state index in [4.69, 9.17) is 4.74 Å². The Morgan fingerprint density at radius 2 is 2.42 bits per heavy atom. The van der Waals surface area contributed by atoms with E-state index in [2.05, 4.69) is 20.7 Å². The first-order valence-corrected chi connectivity index (χ1v) is 6.31. The van der Waals surface area contributed by atoms with E-state index in [0.717, 1.165) is 44.1 Å². The van der Waals surface area contributed by atoms with Crippen LogP contribution in [0.25, 0.3) is 0 Å². The zero-order valence-electron chi connectivity index (χ0n) is 11.4. The number of aryl methyl sites for hydroxylation is 1. The first-order valence-electron chi connectivity index (χ1n) is 6.31. The van der Waals surface area contributed by atoms with Crippen molar-refractivity contribution in [3.05, 3.63) is 18.0 Å². The Labute approximate surface area is 131 Å². The lowest BCUT2D eigenvalue weighted by Gasteiger charge is -2.14. The molecule has 0 bridgehead atoms. The lowest BCUT2D eigenvalue weighted by Crippen LogP contribution is -2.40. The molecular formula is C12H22IN5O. The second kappa shape index (κ2) is 8.36. The minimum Gasteiger partial charge on any atom is -0.376 e. The lowest BCUT2D eigenvalue weighted by molar-refractivity contribution is 0.114. The molecule has 0 amide bonds. The molecule has 1 atom stereocenters. The van der Waals surface area contributed by atoms with Crippen molar-refractivity contribution in [1.82, 2.24) is 20.4 Å². The van der Waals surface area contributed by atoms with Crippen LogP contribution in [0.5, 0.6) is 0 Å². The molecule has 6 nitrogen and oxygen atoms in total. The summed E-state index contributed by atoms with van der Waals surface area (Å²) in [4.78, 5) is 4.18. The summed E-state index contributed by atoms with van der Waals surface area (Å²) in [6, 6.07) is 0. The minimum atomic E-state index is 0. The summed E-state index contributed by atoms with van der Waals surface area (Å²) in [6.07, 6.45) is 6.45. The van der Waals surface area contributed by atoms with E-state index in [1.165, 1.54) is 0 Å². The molecule has 2 heterocycles. The number of hydrogen-bond donors (Lipinski definition) is 2. The Bertz CT molecular complexity index is 401. The number of aromatic nitrogens is 2. The maximum atomic E-state index is 5.56. The van der Waals surface area contributed by atoms with E-state index in [-0.39, 0.29) is 24.0 Å². The Hall–Kier alpha value is -0.830. The van der Waals surface area contributed by atoms with Gasteiger partial charge in [-0.2, -0.15) is 5.10 Å². The van der Waals surface area contributed by atoms with Gasteiger partial charge >= 0.3 is 0 Å². The largest absolute Gasteiger partial charge is 0.376 e. The standard InChI is InChI=1S/C12H21N5O.HI/c1-13-12(15-8-11-4-3-5-18-11)14-6-10-7-16-17(2)9-10;/h7,9,11H,3-6,8H2,1-2H3,(H2,13,14,15);1H. The summed E-state index contributed by atoms with van der Waals surface area (Å²) in [7, 11) is 3.68. The normalized spacial score (nSPS) is 19.1. The van der Waals surface area contributed by atoms with Crippen molar-refractivity contribution in [2.45, 2.75) is 25.5 Å². The van der Waals surface area contributed by atoms with Crippen molar-refractivity contribution in [1.29, 1.82) is 0 Å². The fourth-order valence-electron chi connectivity index (χ4n) is 1.99. The molecule has 1 aliphatic rings. The van der Waals surface area contributed by atoms with E-state index in [1.807, 2.05) is 19.4 Å². The highest BCUT2D eigenvalue weighted by Gasteiger charge is 2.15. The van der Waals surface area contributed by atoms with Gasteiger partial charge in [0.15, 0.2) is 5.96 Å². The second-order valence-electron chi connectivity index (χ2n) is 4.46. The summed E-state index contributed by atoms with van der Waals surface area (Å²) in [5, 5.41) is 10.7. The molecule has 0 saturated carbocycles. The van der Waals surface area contributed by atoms with Crippen LogP contribution in [0, 0.1) is 0 Å². The van der Waals surface area contributed by atoms with E-state index in [0.29, 0.717) is 6.10 Å². The van der Waals surface area contributed by atoms with Crippen molar-refractivity contribution in [3.8, 4) is 0 Å². The van der Waals surface area contributed by atoms with E-state index >= 15 is 0 Å². The van der Waals surface area contributed by atoms with Crippen molar-refractivity contribution < 1.29 is 4.74 Å². The maximum absolute atomic E-state index is 5.56. The van der Waals surface area contributed by atoms with E-state index < -0.39 is 0 Å². The Kier molecular flexibility index (Phi) is 7.14. The van der Waals surface area contributed by atoms with Gasteiger partial charge in [-0.15, -0.1) is 24.0 Å². The van der Waals surface area contributed by atoms with Crippen LogP contribution in [0.2, 0.25) is 0 Å². The molecule has 2 N–H and O–H groups in total. The molecule has 7 heteroatoms. The Morgan fingerprint density at radius 1 is 1.58 bits per heavy atom. The van der Waals surface area contributed by atoms with Gasteiger partial charge < -0.3 is 15.4 Å². The molecule has 19 heavy (non-hydrogen) atoms. The SMILES string of the molecule is CN=C(NCc1cnn(C)c1)NCC1CCCO1.I. The van der Waals surface area contributed by atoms with Gasteiger partial charge in [-0.1, -0.05) is 0 Å². The third-order valence-electron chi connectivity index (χ3n) is 2.96. The van der Waals surface area contributed by atoms with Crippen molar-refractivity contribution >= 4 is 29.9 Å². The van der Waals surface area contributed by atoms with Gasteiger partial charge in [-0.3, -0.25) is 9.67 Å². The number of nitrogens with zero attached hydrogens (tertiary/aromatic N) is 3. The molecule has 0 aromatic carbocycles. The highest BCUT2D eigenvalue weighted by Crippen LogP contribution is 2.10. The molecule has 1 saturated heterocycles. The first-order chi connectivity index (χ1) is 8.78. The molecule has 2 rings (SSSR count). The lowest BCUT2D eigenvalue weighted by atomic mass is 10.2. The number of aliphatic imine (C=N–C) groups is 1. The number of guanidine groups is 1. The molecule has 1 aliphatic heterocycles. The summed E-state index contributed by atoms with van der Waals surface area (Å²) in [5.74, 6) is 0.800. The van der Waals surface area contributed by atoms with Crippen LogP contribution in [0.15, 0.2) is 17.4 Å². The third kappa shape index (κ3) is 5.35. The first kappa shape index (κ1) is 16.2. The number of nitrogens with one attached hydrogen (secondary N) is 2. The monoisotopic (exact) mass is 379 g/mol. The van der Waals surface area contributed by atoms with Gasteiger partial charge in [0.2, 0.25) is 0 Å². The second-order valence-corrected chi connectivity index (χ2v) is 4.46. The number of halogens is 1. The molecule has 1 fully saturated rings. The number of ether oxygens (including phenoxy) is 1. The zero-order chi connectivity index (χ0) is 12.8. The Morgan fingerprint density at radius 3 is 3.00 bits per heavy atom. The van der Waals surface area contributed by atoms with Crippen LogP contribution in [-0.2, 0) is 18.3 Å². The van der Waals surface area contributed by atoms with Crippen LogP contribution < -0.4 is 10.6 Å². The average Bonchev–Trinajstić information content (AvgIpc) is 3.01. The predicted octanol–water partition coefficient (Wildman–Crippen LogP) is 0.882. The molecule has 0 radical (unpaired) electrons. The fourth-order valence-corrected chi connectivity index (χ4v) is 1.99. The Balaban J connectivity index is 0.00000180. The maximum Gasteiger partial charge on any atom is 0.191 e. The van der Waals surface area contributed by atoms with Gasteiger partial charge in [0.25, 0.3) is 0 Å². The third-order valence-corrected chi connectivity index (χ3v) is 2.96. The van der Waals surface area contributed by atoms with Gasteiger partial charge in [0.1, 0.15) is 0 Å². The van der Waals surface area contributed by atoms with Crippen LogP contribution in [0.3, 0.4) is 0 Å². The van der Waals surface area contributed by atoms with Crippen molar-refractivity contribution in [3.63, 3.8) is 0 Å². The van der Waals surface area contributed by atoms with Crippen molar-refractivity contribution in [2.75, 3.05) is 20.2 Å². The summed E-state index contributed by atoms with van der Waals surface area (Å²) in [6.45, 7) is 2.42. The quantitative estimate of drug-likeness (QED) is 0.463. The smallest absolute Gasteiger partial charge is 0.191 e. The van der Waals surface area contributed by atoms with Crippen LogP contribution in [-0.4, -0.2) is 42.0 Å².